The maximum absolute atomic E-state index is 13.4. The fraction of sp³-hybridized carbons (Fsp3) is 0.440. The lowest BCUT2D eigenvalue weighted by Gasteiger charge is -2.17. The summed E-state index contributed by atoms with van der Waals surface area (Å²) in [7, 11) is 1.65. The first kappa shape index (κ1) is 19.7. The van der Waals surface area contributed by atoms with Crippen LogP contribution in [0.5, 0.6) is 5.75 Å². The molecule has 1 amide bonds. The minimum absolute atomic E-state index is 0.0970. The fourth-order valence-electron chi connectivity index (χ4n) is 4.40. The molecule has 4 heteroatoms. The number of aromatic nitrogens is 1. The Morgan fingerprint density at radius 3 is 2.45 bits per heavy atom. The Morgan fingerprint density at radius 2 is 1.69 bits per heavy atom. The van der Waals surface area contributed by atoms with Gasteiger partial charge >= 0.3 is 0 Å². The van der Waals surface area contributed by atoms with Gasteiger partial charge in [-0.15, -0.1) is 0 Å². The highest BCUT2D eigenvalue weighted by Gasteiger charge is 2.32. The zero-order valence-corrected chi connectivity index (χ0v) is 17.5. The summed E-state index contributed by atoms with van der Waals surface area (Å²) in [6.07, 6.45) is 10.1. The van der Waals surface area contributed by atoms with E-state index in [-0.39, 0.29) is 5.91 Å². The van der Waals surface area contributed by atoms with E-state index in [1.807, 2.05) is 35.2 Å². The smallest absolute Gasteiger partial charge is 0.259 e. The van der Waals surface area contributed by atoms with Crippen LogP contribution in [0.15, 0.2) is 36.4 Å². The number of rotatable bonds is 10. The number of unbranched alkanes of at least 4 members (excludes halogenated alkanes) is 7. The first-order valence-electron chi connectivity index (χ1n) is 11.0. The largest absolute Gasteiger partial charge is 0.497 e. The lowest BCUT2D eigenvalue weighted by atomic mass is 10.0. The highest BCUT2D eigenvalue weighted by Crippen LogP contribution is 2.41. The summed E-state index contributed by atoms with van der Waals surface area (Å²) in [6.45, 7) is 3.02. The summed E-state index contributed by atoms with van der Waals surface area (Å²) in [4.78, 5) is 20.1. The second-order valence-corrected chi connectivity index (χ2v) is 7.97. The highest BCUT2D eigenvalue weighted by molar-refractivity contribution is 6.30. The Hall–Kier alpha value is -2.62. The van der Waals surface area contributed by atoms with Crippen molar-refractivity contribution in [2.75, 3.05) is 18.6 Å². The zero-order valence-electron chi connectivity index (χ0n) is 17.5. The normalized spacial score (nSPS) is 13.0. The van der Waals surface area contributed by atoms with Crippen LogP contribution in [0.3, 0.4) is 0 Å². The molecule has 0 fully saturated rings. The number of benzene rings is 2. The number of anilines is 1. The number of amides is 1. The van der Waals surface area contributed by atoms with E-state index in [2.05, 4.69) is 13.0 Å². The monoisotopic (exact) mass is 390 g/mol. The molecule has 0 spiro atoms. The predicted octanol–water partition coefficient (Wildman–Crippen LogP) is 6.50. The SMILES string of the molecule is CCCCCCCCCCN1C(=O)c2c3cc(OC)ccc3nc3cccc1c23. The Labute approximate surface area is 172 Å². The van der Waals surface area contributed by atoms with Crippen molar-refractivity contribution in [2.45, 2.75) is 58.3 Å². The molecule has 0 N–H and O–H groups in total. The van der Waals surface area contributed by atoms with Gasteiger partial charge in [0.15, 0.2) is 0 Å². The van der Waals surface area contributed by atoms with Crippen LogP contribution in [0.25, 0.3) is 21.8 Å². The van der Waals surface area contributed by atoms with Crippen molar-refractivity contribution in [1.82, 2.24) is 4.98 Å². The second kappa shape index (κ2) is 8.81. The van der Waals surface area contributed by atoms with Gasteiger partial charge in [0, 0.05) is 17.3 Å². The molecule has 4 rings (SSSR count). The van der Waals surface area contributed by atoms with Crippen molar-refractivity contribution < 1.29 is 9.53 Å². The summed E-state index contributed by atoms with van der Waals surface area (Å²) in [5.74, 6) is 0.849. The molecule has 4 nitrogen and oxygen atoms in total. The molecule has 0 unspecified atom stereocenters. The lowest BCUT2D eigenvalue weighted by Crippen LogP contribution is -2.27. The summed E-state index contributed by atoms with van der Waals surface area (Å²) in [6, 6.07) is 11.8. The van der Waals surface area contributed by atoms with Crippen molar-refractivity contribution in [3.63, 3.8) is 0 Å². The van der Waals surface area contributed by atoms with Crippen LogP contribution in [-0.2, 0) is 0 Å². The fourth-order valence-corrected chi connectivity index (χ4v) is 4.40. The van der Waals surface area contributed by atoms with Crippen molar-refractivity contribution in [3.8, 4) is 5.75 Å². The van der Waals surface area contributed by atoms with Gasteiger partial charge in [-0.2, -0.15) is 0 Å². The van der Waals surface area contributed by atoms with Gasteiger partial charge in [-0.3, -0.25) is 4.79 Å². The lowest BCUT2D eigenvalue weighted by molar-refractivity contribution is 0.0994. The predicted molar refractivity (Wildman–Crippen MR) is 120 cm³/mol. The van der Waals surface area contributed by atoms with E-state index in [1.54, 1.807) is 7.11 Å². The zero-order chi connectivity index (χ0) is 20.2. The number of methoxy groups -OCH3 is 1. The summed E-state index contributed by atoms with van der Waals surface area (Å²) in [5, 5.41) is 1.87. The van der Waals surface area contributed by atoms with Crippen LogP contribution in [0, 0.1) is 0 Å². The van der Waals surface area contributed by atoms with Crippen molar-refractivity contribution in [1.29, 1.82) is 0 Å². The van der Waals surface area contributed by atoms with E-state index in [4.69, 9.17) is 9.72 Å². The molecule has 0 radical (unpaired) electrons. The Balaban J connectivity index is 1.53. The Kier molecular flexibility index (Phi) is 5.98. The topological polar surface area (TPSA) is 42.4 Å². The molecule has 0 aliphatic carbocycles. The van der Waals surface area contributed by atoms with E-state index < -0.39 is 0 Å². The van der Waals surface area contributed by atoms with Crippen molar-refractivity contribution in [3.05, 3.63) is 42.0 Å². The molecule has 1 aliphatic rings. The minimum Gasteiger partial charge on any atom is -0.497 e. The summed E-state index contributed by atoms with van der Waals surface area (Å²) >= 11 is 0. The molecule has 0 atom stereocenters. The van der Waals surface area contributed by atoms with E-state index in [1.165, 1.54) is 44.9 Å². The van der Waals surface area contributed by atoms with Crippen LogP contribution in [0.4, 0.5) is 5.69 Å². The molecule has 0 bridgehead atoms. The van der Waals surface area contributed by atoms with Gasteiger partial charge in [0.25, 0.3) is 5.91 Å². The van der Waals surface area contributed by atoms with Gasteiger partial charge in [0.2, 0.25) is 0 Å². The van der Waals surface area contributed by atoms with Gasteiger partial charge in [-0.25, -0.2) is 4.98 Å². The number of carbonyl (C=O) groups is 1. The molecule has 29 heavy (non-hydrogen) atoms. The van der Waals surface area contributed by atoms with Crippen LogP contribution < -0.4 is 9.64 Å². The molecular formula is C25H30N2O2. The molecule has 2 heterocycles. The van der Waals surface area contributed by atoms with Gasteiger partial charge in [-0.1, -0.05) is 57.9 Å². The average Bonchev–Trinajstić information content (AvgIpc) is 3.03. The van der Waals surface area contributed by atoms with Gasteiger partial charge in [-0.05, 0) is 36.8 Å². The summed E-state index contributed by atoms with van der Waals surface area (Å²) in [5.41, 5.74) is 3.51. The molecule has 2 aromatic carbocycles. The molecule has 152 valence electrons. The quantitative estimate of drug-likeness (QED) is 0.293. The molecule has 0 saturated heterocycles. The number of fused-ring (bicyclic) bond motifs is 2. The first-order chi connectivity index (χ1) is 14.2. The first-order valence-corrected chi connectivity index (χ1v) is 11.0. The van der Waals surface area contributed by atoms with E-state index >= 15 is 0 Å². The Bertz CT molecular complexity index is 1030. The van der Waals surface area contributed by atoms with Gasteiger partial charge in [0.1, 0.15) is 5.75 Å². The molecule has 1 aromatic heterocycles. The van der Waals surface area contributed by atoms with Crippen LogP contribution in [-0.4, -0.2) is 24.5 Å². The van der Waals surface area contributed by atoms with Crippen molar-refractivity contribution in [2.24, 2.45) is 0 Å². The van der Waals surface area contributed by atoms with E-state index in [9.17, 15) is 4.79 Å². The second-order valence-electron chi connectivity index (χ2n) is 7.97. The van der Waals surface area contributed by atoms with Crippen LogP contribution in [0.1, 0.15) is 68.6 Å². The van der Waals surface area contributed by atoms with E-state index in [0.717, 1.165) is 51.8 Å². The molecule has 0 saturated carbocycles. The standard InChI is InChI=1S/C25H30N2O2/c1-3-4-5-6-7-8-9-10-16-27-22-13-11-12-21-24(22)23(25(27)28)19-17-18(29-2)14-15-20(19)26-21/h11-15,17H,3-10,16H2,1-2H3. The Morgan fingerprint density at radius 1 is 0.931 bits per heavy atom. The van der Waals surface area contributed by atoms with E-state index in [0.29, 0.717) is 0 Å². The number of hydrogen-bond donors (Lipinski definition) is 0. The van der Waals surface area contributed by atoms with Gasteiger partial charge in [0.05, 0.1) is 29.4 Å². The highest BCUT2D eigenvalue weighted by atomic mass is 16.5. The van der Waals surface area contributed by atoms with Gasteiger partial charge < -0.3 is 9.64 Å². The molecule has 3 aromatic rings. The number of pyridine rings is 1. The molecule has 1 aliphatic heterocycles. The summed E-state index contributed by atoms with van der Waals surface area (Å²) < 4.78 is 5.39. The van der Waals surface area contributed by atoms with Crippen LogP contribution in [0.2, 0.25) is 0 Å². The minimum atomic E-state index is 0.0970. The maximum Gasteiger partial charge on any atom is 0.259 e. The van der Waals surface area contributed by atoms with Crippen molar-refractivity contribution >= 4 is 33.4 Å². The third kappa shape index (κ3) is 3.81. The number of carbonyl (C=O) groups excluding carboxylic acids is 1. The molecular weight excluding hydrogens is 360 g/mol. The third-order valence-corrected chi connectivity index (χ3v) is 5.97. The van der Waals surface area contributed by atoms with Crippen LogP contribution >= 0.6 is 0 Å². The number of ether oxygens (including phenoxy) is 1. The third-order valence-electron chi connectivity index (χ3n) is 5.97. The average molecular weight is 391 g/mol. The maximum atomic E-state index is 13.4. The number of hydrogen-bond acceptors (Lipinski definition) is 3. The number of nitrogens with zero attached hydrogens (tertiary/aromatic N) is 2.